The van der Waals surface area contributed by atoms with E-state index in [0.717, 1.165) is 40.4 Å². The Bertz CT molecular complexity index is 720. The number of hydrogen-bond donors (Lipinski definition) is 2. The maximum atomic E-state index is 12.4. The van der Waals surface area contributed by atoms with Crippen LogP contribution in [0, 0.1) is 13.8 Å². The summed E-state index contributed by atoms with van der Waals surface area (Å²) in [4.78, 5) is 12.4. The summed E-state index contributed by atoms with van der Waals surface area (Å²) in [5, 5.41) is 10.1. The molecule has 0 bridgehead atoms. The molecule has 6 nitrogen and oxygen atoms in total. The van der Waals surface area contributed by atoms with Crippen LogP contribution < -0.4 is 14.8 Å². The monoisotopic (exact) mass is 359 g/mol. The molecule has 1 aromatic heterocycles. The van der Waals surface area contributed by atoms with E-state index in [2.05, 4.69) is 15.5 Å². The Balaban J connectivity index is 1.94. The van der Waals surface area contributed by atoms with Crippen molar-refractivity contribution in [3.05, 3.63) is 40.7 Å². The summed E-state index contributed by atoms with van der Waals surface area (Å²) in [6.45, 7) is 11.4. The van der Waals surface area contributed by atoms with Crippen molar-refractivity contribution in [3.63, 3.8) is 0 Å². The second kappa shape index (κ2) is 9.27. The fourth-order valence-electron chi connectivity index (χ4n) is 3.06. The second-order valence-electron chi connectivity index (χ2n) is 6.26. The zero-order valence-electron chi connectivity index (χ0n) is 16.3. The number of carbonyl (C=O) groups is 1. The molecule has 2 N–H and O–H groups in total. The van der Waals surface area contributed by atoms with Crippen LogP contribution in [0.25, 0.3) is 0 Å². The van der Waals surface area contributed by atoms with Gasteiger partial charge in [0, 0.05) is 17.8 Å². The maximum Gasteiger partial charge on any atom is 0.227 e. The van der Waals surface area contributed by atoms with Gasteiger partial charge in [-0.15, -0.1) is 0 Å². The Labute approximate surface area is 155 Å². The fourth-order valence-corrected chi connectivity index (χ4v) is 3.06. The van der Waals surface area contributed by atoms with E-state index in [1.54, 1.807) is 0 Å². The third-order valence-electron chi connectivity index (χ3n) is 4.33. The smallest absolute Gasteiger partial charge is 0.227 e. The number of benzene rings is 1. The van der Waals surface area contributed by atoms with Gasteiger partial charge in [0.15, 0.2) is 11.5 Å². The minimum absolute atomic E-state index is 0.00793. The van der Waals surface area contributed by atoms with Gasteiger partial charge >= 0.3 is 0 Å². The minimum atomic E-state index is -0.229. The molecule has 142 valence electrons. The van der Waals surface area contributed by atoms with E-state index >= 15 is 0 Å². The molecule has 0 saturated carbocycles. The molecule has 0 spiro atoms. The fraction of sp³-hybridized carbons (Fsp3) is 0.500. The highest BCUT2D eigenvalue weighted by atomic mass is 16.5. The third kappa shape index (κ3) is 4.77. The number of H-pyrrole nitrogens is 1. The standard InChI is InChI=1S/C20H29N3O3/c1-6-25-17-9-8-16(12-18(17)26-7-2)10-11-21-20(24)13(3)19-14(4)22-23-15(19)5/h8-9,12-13H,6-7,10-11H2,1-5H3,(H,21,24)(H,22,23)/t13-/m0/s1. The van der Waals surface area contributed by atoms with E-state index in [-0.39, 0.29) is 11.8 Å². The Morgan fingerprint density at radius 3 is 2.50 bits per heavy atom. The van der Waals surface area contributed by atoms with Crippen LogP contribution in [-0.4, -0.2) is 35.9 Å². The topological polar surface area (TPSA) is 76.2 Å². The Morgan fingerprint density at radius 2 is 1.88 bits per heavy atom. The van der Waals surface area contributed by atoms with Crippen molar-refractivity contribution < 1.29 is 14.3 Å². The molecule has 0 fully saturated rings. The highest BCUT2D eigenvalue weighted by Gasteiger charge is 2.20. The van der Waals surface area contributed by atoms with Gasteiger partial charge in [-0.1, -0.05) is 6.07 Å². The van der Waals surface area contributed by atoms with E-state index < -0.39 is 0 Å². The molecule has 2 rings (SSSR count). The number of amides is 1. The molecule has 1 amide bonds. The van der Waals surface area contributed by atoms with Crippen LogP contribution in [-0.2, 0) is 11.2 Å². The average Bonchev–Trinajstić information content (AvgIpc) is 2.95. The number of aryl methyl sites for hydroxylation is 2. The van der Waals surface area contributed by atoms with Crippen molar-refractivity contribution >= 4 is 5.91 Å². The highest BCUT2D eigenvalue weighted by Crippen LogP contribution is 2.28. The quantitative estimate of drug-likeness (QED) is 0.720. The van der Waals surface area contributed by atoms with Crippen molar-refractivity contribution in [1.82, 2.24) is 15.5 Å². The predicted molar refractivity (Wildman–Crippen MR) is 102 cm³/mol. The van der Waals surface area contributed by atoms with Crippen molar-refractivity contribution in [2.75, 3.05) is 19.8 Å². The summed E-state index contributed by atoms with van der Waals surface area (Å²) in [7, 11) is 0. The zero-order valence-corrected chi connectivity index (χ0v) is 16.3. The van der Waals surface area contributed by atoms with Gasteiger partial charge in [0.2, 0.25) is 5.91 Å². The van der Waals surface area contributed by atoms with Gasteiger partial charge in [0.25, 0.3) is 0 Å². The van der Waals surface area contributed by atoms with E-state index in [1.165, 1.54) is 0 Å². The Morgan fingerprint density at radius 1 is 1.19 bits per heavy atom. The molecule has 1 atom stereocenters. The van der Waals surface area contributed by atoms with E-state index in [4.69, 9.17) is 9.47 Å². The summed E-state index contributed by atoms with van der Waals surface area (Å²) in [5.41, 5.74) is 3.89. The van der Waals surface area contributed by atoms with Crippen molar-refractivity contribution in [2.24, 2.45) is 0 Å². The molecule has 0 radical (unpaired) electrons. The van der Waals surface area contributed by atoms with Gasteiger partial charge in [-0.2, -0.15) is 5.10 Å². The van der Waals surface area contributed by atoms with Crippen LogP contribution in [0.3, 0.4) is 0 Å². The highest BCUT2D eigenvalue weighted by molar-refractivity contribution is 5.83. The molecule has 0 aliphatic rings. The lowest BCUT2D eigenvalue weighted by Gasteiger charge is -2.14. The lowest BCUT2D eigenvalue weighted by atomic mass is 9.98. The van der Waals surface area contributed by atoms with Crippen LogP contribution in [0.5, 0.6) is 11.5 Å². The molecular weight excluding hydrogens is 330 g/mol. The first kappa shape index (κ1) is 19.8. The van der Waals surface area contributed by atoms with Gasteiger partial charge in [-0.3, -0.25) is 9.89 Å². The first-order valence-corrected chi connectivity index (χ1v) is 9.15. The van der Waals surface area contributed by atoms with Crippen molar-refractivity contribution in [1.29, 1.82) is 0 Å². The lowest BCUT2D eigenvalue weighted by molar-refractivity contribution is -0.122. The first-order chi connectivity index (χ1) is 12.5. The number of nitrogens with one attached hydrogen (secondary N) is 2. The largest absolute Gasteiger partial charge is 0.490 e. The molecule has 0 unspecified atom stereocenters. The van der Waals surface area contributed by atoms with Gasteiger partial charge < -0.3 is 14.8 Å². The number of nitrogens with zero attached hydrogens (tertiary/aromatic N) is 1. The summed E-state index contributed by atoms with van der Waals surface area (Å²) in [5.74, 6) is 1.28. The number of rotatable bonds is 9. The van der Waals surface area contributed by atoms with Gasteiger partial charge in [0.05, 0.1) is 24.8 Å². The average molecular weight is 359 g/mol. The summed E-state index contributed by atoms with van der Waals surface area (Å²) in [6, 6.07) is 5.91. The summed E-state index contributed by atoms with van der Waals surface area (Å²) in [6.07, 6.45) is 0.730. The number of aromatic amines is 1. The molecule has 2 aromatic rings. The number of aromatic nitrogens is 2. The Hall–Kier alpha value is -2.50. The molecular formula is C20H29N3O3. The van der Waals surface area contributed by atoms with Gasteiger partial charge in [-0.05, 0) is 58.7 Å². The molecule has 0 saturated heterocycles. The van der Waals surface area contributed by atoms with Crippen LogP contribution in [0.2, 0.25) is 0 Å². The normalized spacial score (nSPS) is 11.9. The molecule has 6 heteroatoms. The van der Waals surface area contributed by atoms with E-state index in [9.17, 15) is 4.79 Å². The van der Waals surface area contributed by atoms with E-state index in [1.807, 2.05) is 52.8 Å². The molecule has 0 aliphatic heterocycles. The maximum absolute atomic E-state index is 12.4. The van der Waals surface area contributed by atoms with Crippen molar-refractivity contribution in [2.45, 2.75) is 47.0 Å². The van der Waals surface area contributed by atoms with Crippen LogP contribution >= 0.6 is 0 Å². The van der Waals surface area contributed by atoms with Crippen LogP contribution in [0.4, 0.5) is 0 Å². The second-order valence-corrected chi connectivity index (χ2v) is 6.26. The molecule has 1 aromatic carbocycles. The number of hydrogen-bond acceptors (Lipinski definition) is 4. The number of carbonyl (C=O) groups excluding carboxylic acids is 1. The molecule has 0 aliphatic carbocycles. The third-order valence-corrected chi connectivity index (χ3v) is 4.33. The Kier molecular flexibility index (Phi) is 7.06. The van der Waals surface area contributed by atoms with Crippen LogP contribution in [0.1, 0.15) is 49.2 Å². The van der Waals surface area contributed by atoms with Crippen LogP contribution in [0.15, 0.2) is 18.2 Å². The van der Waals surface area contributed by atoms with Gasteiger partial charge in [0.1, 0.15) is 0 Å². The number of ether oxygens (including phenoxy) is 2. The SMILES string of the molecule is CCOc1ccc(CCNC(=O)[C@@H](C)c2c(C)n[nH]c2C)cc1OCC. The van der Waals surface area contributed by atoms with Crippen molar-refractivity contribution in [3.8, 4) is 11.5 Å². The lowest BCUT2D eigenvalue weighted by Crippen LogP contribution is -2.30. The predicted octanol–water partition coefficient (Wildman–Crippen LogP) is 3.29. The summed E-state index contributed by atoms with van der Waals surface area (Å²) < 4.78 is 11.2. The molecule has 1 heterocycles. The molecule has 26 heavy (non-hydrogen) atoms. The minimum Gasteiger partial charge on any atom is -0.490 e. The summed E-state index contributed by atoms with van der Waals surface area (Å²) >= 11 is 0. The van der Waals surface area contributed by atoms with E-state index in [0.29, 0.717) is 19.8 Å². The first-order valence-electron chi connectivity index (χ1n) is 9.15. The zero-order chi connectivity index (χ0) is 19.1. The van der Waals surface area contributed by atoms with Gasteiger partial charge in [-0.25, -0.2) is 0 Å².